The smallest absolute Gasteiger partial charge is 0.134 e. The van der Waals surface area contributed by atoms with E-state index in [1.165, 1.54) is 0 Å². The lowest BCUT2D eigenvalue weighted by molar-refractivity contribution is 0.608. The van der Waals surface area contributed by atoms with Crippen molar-refractivity contribution in [1.29, 1.82) is 0 Å². The summed E-state index contributed by atoms with van der Waals surface area (Å²) >= 11 is 9.36. The average Bonchev–Trinajstić information content (AvgIpc) is 2.92. The van der Waals surface area contributed by atoms with Gasteiger partial charge in [0.15, 0.2) is 0 Å². The fourth-order valence-corrected chi connectivity index (χ4v) is 2.86. The molecule has 0 aliphatic carbocycles. The molecule has 0 unspecified atom stereocenters. The van der Waals surface area contributed by atoms with Gasteiger partial charge in [0.2, 0.25) is 0 Å². The quantitative estimate of drug-likeness (QED) is 0.645. The van der Waals surface area contributed by atoms with Gasteiger partial charge in [0, 0.05) is 45.3 Å². The molecule has 1 aromatic heterocycles. The first-order chi connectivity index (χ1) is 11.1. The molecule has 5 heteroatoms. The van der Waals surface area contributed by atoms with Gasteiger partial charge in [-0.3, -0.25) is 0 Å². The van der Waals surface area contributed by atoms with Crippen LogP contribution in [0.1, 0.15) is 11.1 Å². The minimum absolute atomic E-state index is 0.658. The molecule has 3 nitrogen and oxygen atoms in total. The zero-order valence-electron chi connectivity index (χ0n) is 12.4. The number of rotatable bonds is 5. The van der Waals surface area contributed by atoms with E-state index in [-0.39, 0.29) is 0 Å². The van der Waals surface area contributed by atoms with Crippen LogP contribution in [0.25, 0.3) is 11.0 Å². The number of furan rings is 1. The predicted octanol–water partition coefficient (Wildman–Crippen LogP) is 4.98. The molecule has 2 aromatic carbocycles. The summed E-state index contributed by atoms with van der Waals surface area (Å²) in [5.74, 6) is 0. The van der Waals surface area contributed by atoms with Crippen molar-refractivity contribution in [3.63, 3.8) is 0 Å². The molecular formula is C18H16BrClN2O. The van der Waals surface area contributed by atoms with Crippen molar-refractivity contribution >= 4 is 38.5 Å². The molecular weight excluding hydrogens is 376 g/mol. The highest BCUT2D eigenvalue weighted by atomic mass is 79.9. The van der Waals surface area contributed by atoms with E-state index in [2.05, 4.69) is 27.3 Å². The van der Waals surface area contributed by atoms with Crippen LogP contribution in [-0.2, 0) is 13.0 Å². The topological polar surface area (TPSA) is 51.2 Å². The van der Waals surface area contributed by atoms with Gasteiger partial charge in [-0.1, -0.05) is 39.7 Å². The largest absolute Gasteiger partial charge is 0.464 e. The van der Waals surface area contributed by atoms with Crippen molar-refractivity contribution in [1.82, 2.24) is 5.32 Å². The van der Waals surface area contributed by atoms with Gasteiger partial charge in [-0.25, -0.2) is 0 Å². The average molecular weight is 392 g/mol. The van der Waals surface area contributed by atoms with Crippen LogP contribution in [0.15, 0.2) is 69.5 Å². The third kappa shape index (κ3) is 4.09. The van der Waals surface area contributed by atoms with Gasteiger partial charge in [0.05, 0.1) is 6.26 Å². The fraction of sp³-hybridized carbons (Fsp3) is 0.111. The number of allylic oxidation sites excluding steroid dienone is 1. The van der Waals surface area contributed by atoms with Crippen molar-refractivity contribution in [3.05, 3.63) is 81.2 Å². The van der Waals surface area contributed by atoms with Crippen molar-refractivity contribution in [2.45, 2.75) is 13.0 Å². The number of benzene rings is 2. The molecule has 0 saturated heterocycles. The summed E-state index contributed by atoms with van der Waals surface area (Å²) in [6.07, 6.45) is 4.29. The predicted molar refractivity (Wildman–Crippen MR) is 98.2 cm³/mol. The Hall–Kier alpha value is -1.91. The number of hydrogen-bond donors (Lipinski definition) is 2. The van der Waals surface area contributed by atoms with Crippen LogP contribution >= 0.6 is 27.5 Å². The summed E-state index contributed by atoms with van der Waals surface area (Å²) < 4.78 is 6.58. The van der Waals surface area contributed by atoms with Crippen LogP contribution < -0.4 is 11.1 Å². The van der Waals surface area contributed by atoms with Crippen molar-refractivity contribution < 1.29 is 4.42 Å². The van der Waals surface area contributed by atoms with Gasteiger partial charge in [0.25, 0.3) is 0 Å². The molecule has 0 spiro atoms. The molecule has 0 aliphatic rings. The Bertz CT molecular complexity index is 840. The summed E-state index contributed by atoms with van der Waals surface area (Å²) in [6, 6.07) is 13.7. The van der Waals surface area contributed by atoms with Crippen molar-refractivity contribution in [2.24, 2.45) is 5.73 Å². The number of nitrogens with one attached hydrogen (secondary N) is 1. The van der Waals surface area contributed by atoms with Crippen LogP contribution in [0.4, 0.5) is 0 Å². The summed E-state index contributed by atoms with van der Waals surface area (Å²) in [4.78, 5) is 0. The second kappa shape index (κ2) is 7.11. The third-order valence-corrected chi connectivity index (χ3v) is 4.26. The lowest BCUT2D eigenvalue weighted by atomic mass is 10.1. The normalized spacial score (nSPS) is 11.8. The molecule has 23 heavy (non-hydrogen) atoms. The Morgan fingerprint density at radius 3 is 2.78 bits per heavy atom. The Kier molecular flexibility index (Phi) is 4.94. The van der Waals surface area contributed by atoms with Crippen molar-refractivity contribution in [3.8, 4) is 0 Å². The Labute approximate surface area is 148 Å². The highest BCUT2D eigenvalue weighted by Gasteiger charge is 2.05. The number of fused-ring (bicyclic) bond motifs is 1. The van der Waals surface area contributed by atoms with Gasteiger partial charge in [-0.2, -0.15) is 0 Å². The first kappa shape index (κ1) is 16.0. The lowest BCUT2D eigenvalue weighted by Gasteiger charge is -2.04. The number of hydrogen-bond acceptors (Lipinski definition) is 3. The Morgan fingerprint density at radius 1 is 1.22 bits per heavy atom. The summed E-state index contributed by atoms with van der Waals surface area (Å²) in [5, 5.41) is 5.07. The fourth-order valence-electron chi connectivity index (χ4n) is 2.37. The summed E-state index contributed by atoms with van der Waals surface area (Å²) in [5.41, 5.74) is 9.92. The summed E-state index contributed by atoms with van der Waals surface area (Å²) in [7, 11) is 0. The van der Waals surface area contributed by atoms with E-state index in [1.807, 2.05) is 42.6 Å². The molecule has 118 valence electrons. The molecule has 3 aromatic rings. The van der Waals surface area contributed by atoms with Gasteiger partial charge >= 0.3 is 0 Å². The minimum Gasteiger partial charge on any atom is -0.464 e. The van der Waals surface area contributed by atoms with Crippen LogP contribution in [0.3, 0.4) is 0 Å². The summed E-state index contributed by atoms with van der Waals surface area (Å²) in [6.45, 7) is 0.658. The van der Waals surface area contributed by atoms with E-state index >= 15 is 0 Å². The molecule has 0 fully saturated rings. The maximum absolute atomic E-state index is 6.05. The standard InChI is InChI=1S/C18H16BrClN2O/c19-14-3-6-18-17(8-14)13(11-23-18)9-22-10-16(21)7-12-1-4-15(20)5-2-12/h1-6,8,10-11,22H,7,9,21H2/b16-10-. The molecule has 0 bridgehead atoms. The van der Waals surface area contributed by atoms with E-state index < -0.39 is 0 Å². The third-order valence-electron chi connectivity index (χ3n) is 3.52. The molecule has 0 aliphatic heterocycles. The molecule has 1 heterocycles. The highest BCUT2D eigenvalue weighted by molar-refractivity contribution is 9.10. The Balaban J connectivity index is 1.63. The van der Waals surface area contributed by atoms with Crippen LogP contribution in [-0.4, -0.2) is 0 Å². The van der Waals surface area contributed by atoms with Crippen molar-refractivity contribution in [2.75, 3.05) is 0 Å². The van der Waals surface area contributed by atoms with E-state index in [0.29, 0.717) is 13.0 Å². The number of halogens is 2. The van der Waals surface area contributed by atoms with E-state index in [1.54, 1.807) is 6.26 Å². The first-order valence-electron chi connectivity index (χ1n) is 7.20. The molecule has 3 N–H and O–H groups in total. The van der Waals surface area contributed by atoms with Gasteiger partial charge < -0.3 is 15.5 Å². The zero-order chi connectivity index (χ0) is 16.2. The lowest BCUT2D eigenvalue weighted by Crippen LogP contribution is -2.10. The van der Waals surface area contributed by atoms with E-state index in [9.17, 15) is 0 Å². The first-order valence-corrected chi connectivity index (χ1v) is 8.37. The van der Waals surface area contributed by atoms with E-state index in [4.69, 9.17) is 21.8 Å². The Morgan fingerprint density at radius 2 is 2.00 bits per heavy atom. The molecule has 3 rings (SSSR count). The molecule has 0 atom stereocenters. The van der Waals surface area contributed by atoms with Crippen LogP contribution in [0, 0.1) is 0 Å². The molecule has 0 amide bonds. The van der Waals surface area contributed by atoms with E-state index in [0.717, 1.165) is 37.3 Å². The SMILES string of the molecule is N/C(=C\NCc1coc2ccc(Br)cc12)Cc1ccc(Cl)cc1. The second-order valence-electron chi connectivity index (χ2n) is 5.30. The molecule has 0 radical (unpaired) electrons. The van der Waals surface area contributed by atoms with Crippen LogP contribution in [0.5, 0.6) is 0 Å². The maximum Gasteiger partial charge on any atom is 0.134 e. The number of nitrogens with two attached hydrogens (primary N) is 1. The van der Waals surface area contributed by atoms with Gasteiger partial charge in [0.1, 0.15) is 5.58 Å². The second-order valence-corrected chi connectivity index (χ2v) is 6.66. The van der Waals surface area contributed by atoms with Crippen LogP contribution in [0.2, 0.25) is 5.02 Å². The highest BCUT2D eigenvalue weighted by Crippen LogP contribution is 2.24. The van der Waals surface area contributed by atoms with Gasteiger partial charge in [-0.05, 0) is 35.9 Å². The monoisotopic (exact) mass is 390 g/mol. The zero-order valence-corrected chi connectivity index (χ0v) is 14.7. The van der Waals surface area contributed by atoms with Gasteiger partial charge in [-0.15, -0.1) is 0 Å². The minimum atomic E-state index is 0.658. The maximum atomic E-state index is 6.05. The molecule has 0 saturated carbocycles.